The molecule has 1 spiro atoms. The zero-order chi connectivity index (χ0) is 16.2. The number of anilines is 1. The first kappa shape index (κ1) is 15.7. The lowest BCUT2D eigenvalue weighted by Crippen LogP contribution is -2.47. The van der Waals surface area contributed by atoms with Gasteiger partial charge in [0, 0.05) is 36.8 Å². The topological polar surface area (TPSA) is 41.7 Å². The summed E-state index contributed by atoms with van der Waals surface area (Å²) in [5, 5.41) is 0. The maximum absolute atomic E-state index is 5.99. The SMILES string of the molecule is c1cncc(N2CCOCC3(CCN(Cc4ccoc4)CC3)C2)c1. The zero-order valence-electron chi connectivity index (χ0n) is 14.1. The van der Waals surface area contributed by atoms with E-state index in [1.54, 1.807) is 6.26 Å². The molecule has 2 aliphatic heterocycles. The quantitative estimate of drug-likeness (QED) is 0.867. The Balaban J connectivity index is 1.41. The Morgan fingerprint density at radius 2 is 2.08 bits per heavy atom. The van der Waals surface area contributed by atoms with E-state index < -0.39 is 0 Å². The second kappa shape index (κ2) is 6.95. The van der Waals surface area contributed by atoms with Crippen LogP contribution in [0.1, 0.15) is 18.4 Å². The van der Waals surface area contributed by atoms with Crippen LogP contribution < -0.4 is 4.90 Å². The lowest BCUT2D eigenvalue weighted by atomic mass is 9.78. The van der Waals surface area contributed by atoms with E-state index in [0.717, 1.165) is 45.9 Å². The Hall–Kier alpha value is -1.85. The molecule has 2 saturated heterocycles. The third-order valence-electron chi connectivity index (χ3n) is 5.35. The van der Waals surface area contributed by atoms with Gasteiger partial charge in [0.15, 0.2) is 0 Å². The smallest absolute Gasteiger partial charge is 0.0947 e. The largest absolute Gasteiger partial charge is 0.472 e. The summed E-state index contributed by atoms with van der Waals surface area (Å²) in [4.78, 5) is 9.25. The van der Waals surface area contributed by atoms with E-state index in [9.17, 15) is 0 Å². The van der Waals surface area contributed by atoms with Crippen LogP contribution in [0.5, 0.6) is 0 Å². The van der Waals surface area contributed by atoms with Crippen molar-refractivity contribution >= 4 is 5.69 Å². The third kappa shape index (κ3) is 3.47. The van der Waals surface area contributed by atoms with Crippen molar-refractivity contribution in [2.45, 2.75) is 19.4 Å². The summed E-state index contributed by atoms with van der Waals surface area (Å²) in [5.41, 5.74) is 2.74. The molecular formula is C19H25N3O2. The molecule has 5 heteroatoms. The number of furan rings is 1. The number of piperidine rings is 1. The highest BCUT2D eigenvalue weighted by Crippen LogP contribution is 2.36. The molecule has 128 valence electrons. The molecule has 0 atom stereocenters. The van der Waals surface area contributed by atoms with Crippen LogP contribution in [0.15, 0.2) is 47.5 Å². The summed E-state index contributed by atoms with van der Waals surface area (Å²) in [6.45, 7) is 6.92. The van der Waals surface area contributed by atoms with Crippen LogP contribution in [0.2, 0.25) is 0 Å². The molecule has 5 nitrogen and oxygen atoms in total. The number of aromatic nitrogens is 1. The molecule has 0 unspecified atom stereocenters. The molecule has 0 saturated carbocycles. The van der Waals surface area contributed by atoms with Crippen LogP contribution in [-0.4, -0.2) is 49.3 Å². The van der Waals surface area contributed by atoms with Gasteiger partial charge in [0.05, 0.1) is 37.6 Å². The van der Waals surface area contributed by atoms with Gasteiger partial charge in [0.1, 0.15) is 0 Å². The van der Waals surface area contributed by atoms with Gasteiger partial charge in [0.2, 0.25) is 0 Å². The highest BCUT2D eigenvalue weighted by molar-refractivity contribution is 5.44. The average Bonchev–Trinajstić information content (AvgIpc) is 3.05. The number of nitrogens with zero attached hydrogens (tertiary/aromatic N) is 3. The molecule has 24 heavy (non-hydrogen) atoms. The van der Waals surface area contributed by atoms with Crippen molar-refractivity contribution in [1.82, 2.24) is 9.88 Å². The van der Waals surface area contributed by atoms with E-state index in [1.807, 2.05) is 24.7 Å². The van der Waals surface area contributed by atoms with Gasteiger partial charge in [-0.25, -0.2) is 0 Å². The summed E-state index contributed by atoms with van der Waals surface area (Å²) in [7, 11) is 0. The summed E-state index contributed by atoms with van der Waals surface area (Å²) < 4.78 is 11.2. The van der Waals surface area contributed by atoms with Crippen LogP contribution in [-0.2, 0) is 11.3 Å². The fraction of sp³-hybridized carbons (Fsp3) is 0.526. The van der Waals surface area contributed by atoms with Crippen molar-refractivity contribution < 1.29 is 9.15 Å². The van der Waals surface area contributed by atoms with Crippen LogP contribution >= 0.6 is 0 Å². The first-order valence-electron chi connectivity index (χ1n) is 8.79. The maximum Gasteiger partial charge on any atom is 0.0947 e. The van der Waals surface area contributed by atoms with Crippen molar-refractivity contribution in [3.05, 3.63) is 48.7 Å². The van der Waals surface area contributed by atoms with E-state index in [4.69, 9.17) is 9.15 Å². The second-order valence-corrected chi connectivity index (χ2v) is 7.09. The van der Waals surface area contributed by atoms with Gasteiger partial charge >= 0.3 is 0 Å². The molecule has 0 N–H and O–H groups in total. The highest BCUT2D eigenvalue weighted by Gasteiger charge is 2.38. The van der Waals surface area contributed by atoms with Crippen molar-refractivity contribution in [3.8, 4) is 0 Å². The normalized spacial score (nSPS) is 21.8. The van der Waals surface area contributed by atoms with Gasteiger partial charge in [-0.15, -0.1) is 0 Å². The van der Waals surface area contributed by atoms with E-state index in [-0.39, 0.29) is 5.41 Å². The molecular weight excluding hydrogens is 302 g/mol. The van der Waals surface area contributed by atoms with Crippen molar-refractivity contribution in [3.63, 3.8) is 0 Å². The summed E-state index contributed by atoms with van der Waals surface area (Å²) in [5.74, 6) is 0. The number of likely N-dealkylation sites (tertiary alicyclic amines) is 1. The van der Waals surface area contributed by atoms with E-state index >= 15 is 0 Å². The Bertz CT molecular complexity index is 621. The van der Waals surface area contributed by atoms with Gasteiger partial charge in [-0.2, -0.15) is 0 Å². The van der Waals surface area contributed by atoms with Crippen LogP contribution in [0.3, 0.4) is 0 Å². The van der Waals surface area contributed by atoms with E-state index in [2.05, 4.69) is 26.9 Å². The molecule has 2 aromatic rings. The number of ether oxygens (including phenoxy) is 1. The first-order chi connectivity index (χ1) is 11.8. The number of hydrogen-bond acceptors (Lipinski definition) is 5. The standard InChI is InChI=1S/C19H25N3O2/c1-2-18(12-20-6-1)22-9-11-24-16-19(15-22)4-7-21(8-5-19)13-17-3-10-23-14-17/h1-3,6,10,12,14H,4-5,7-9,11,13,15-16H2. The molecule has 0 aliphatic carbocycles. The lowest BCUT2D eigenvalue weighted by Gasteiger charge is -2.43. The molecule has 2 aromatic heterocycles. The van der Waals surface area contributed by atoms with Crippen molar-refractivity contribution in [2.75, 3.05) is 44.3 Å². The molecule has 0 bridgehead atoms. The zero-order valence-corrected chi connectivity index (χ0v) is 14.1. The third-order valence-corrected chi connectivity index (χ3v) is 5.35. The number of hydrogen-bond donors (Lipinski definition) is 0. The van der Waals surface area contributed by atoms with Crippen LogP contribution in [0, 0.1) is 5.41 Å². The highest BCUT2D eigenvalue weighted by atomic mass is 16.5. The fourth-order valence-electron chi connectivity index (χ4n) is 3.88. The van der Waals surface area contributed by atoms with E-state index in [1.165, 1.54) is 24.1 Å². The minimum Gasteiger partial charge on any atom is -0.472 e. The van der Waals surface area contributed by atoms with Crippen molar-refractivity contribution in [1.29, 1.82) is 0 Å². The Kier molecular flexibility index (Phi) is 4.54. The number of rotatable bonds is 3. The minimum absolute atomic E-state index is 0.263. The minimum atomic E-state index is 0.263. The van der Waals surface area contributed by atoms with E-state index in [0.29, 0.717) is 0 Å². The predicted octanol–water partition coefficient (Wildman–Crippen LogP) is 2.79. The van der Waals surface area contributed by atoms with Crippen molar-refractivity contribution in [2.24, 2.45) is 5.41 Å². The Morgan fingerprint density at radius 3 is 2.83 bits per heavy atom. The van der Waals surface area contributed by atoms with Crippen LogP contribution in [0.25, 0.3) is 0 Å². The Morgan fingerprint density at radius 1 is 1.17 bits per heavy atom. The van der Waals surface area contributed by atoms with Gasteiger partial charge in [-0.1, -0.05) is 0 Å². The predicted molar refractivity (Wildman–Crippen MR) is 92.9 cm³/mol. The number of pyridine rings is 1. The van der Waals surface area contributed by atoms with Gasteiger partial charge in [-0.05, 0) is 44.1 Å². The van der Waals surface area contributed by atoms with Crippen LogP contribution in [0.4, 0.5) is 5.69 Å². The summed E-state index contributed by atoms with van der Waals surface area (Å²) >= 11 is 0. The second-order valence-electron chi connectivity index (χ2n) is 7.09. The molecule has 4 rings (SSSR count). The molecule has 0 amide bonds. The monoisotopic (exact) mass is 327 g/mol. The summed E-state index contributed by atoms with van der Waals surface area (Å²) in [6.07, 6.45) is 9.77. The molecule has 4 heterocycles. The molecule has 0 radical (unpaired) electrons. The Labute approximate surface area is 143 Å². The molecule has 2 fully saturated rings. The molecule has 2 aliphatic rings. The molecule has 0 aromatic carbocycles. The van der Waals surface area contributed by atoms with Gasteiger partial charge < -0.3 is 14.1 Å². The first-order valence-corrected chi connectivity index (χ1v) is 8.79. The lowest BCUT2D eigenvalue weighted by molar-refractivity contribution is 0.0201. The average molecular weight is 327 g/mol. The maximum atomic E-state index is 5.99. The summed E-state index contributed by atoms with van der Waals surface area (Å²) in [6, 6.07) is 6.23. The fourth-order valence-corrected chi connectivity index (χ4v) is 3.88. The van der Waals surface area contributed by atoms with Gasteiger partial charge in [0.25, 0.3) is 0 Å². The van der Waals surface area contributed by atoms with Gasteiger partial charge in [-0.3, -0.25) is 9.88 Å².